The molecule has 110 valence electrons. The van der Waals surface area contributed by atoms with Crippen molar-refractivity contribution < 1.29 is 22.7 Å². The Kier molecular flexibility index (Phi) is 4.47. The highest BCUT2D eigenvalue weighted by Gasteiger charge is 2.13. The highest BCUT2D eigenvalue weighted by Crippen LogP contribution is 2.19. The maximum atomic E-state index is 13.1. The largest absolute Gasteiger partial charge is 0.465 e. The Balaban J connectivity index is 2.19. The fourth-order valence-corrected chi connectivity index (χ4v) is 1.83. The number of anilines is 1. The Morgan fingerprint density at radius 2 is 1.76 bits per heavy atom. The number of carbonyl (C=O) groups is 1. The summed E-state index contributed by atoms with van der Waals surface area (Å²) >= 11 is 0. The van der Waals surface area contributed by atoms with Crippen molar-refractivity contribution in [1.82, 2.24) is 0 Å². The van der Waals surface area contributed by atoms with E-state index in [1.165, 1.54) is 7.11 Å². The van der Waals surface area contributed by atoms with Crippen LogP contribution in [0.1, 0.15) is 15.9 Å². The number of benzene rings is 2. The average Bonchev–Trinajstić information content (AvgIpc) is 2.50. The lowest BCUT2D eigenvalue weighted by molar-refractivity contribution is 0.0602. The van der Waals surface area contributed by atoms with E-state index < -0.39 is 23.4 Å². The molecular weight excluding hydrogens is 283 g/mol. The van der Waals surface area contributed by atoms with E-state index in [1.54, 1.807) is 24.3 Å². The van der Waals surface area contributed by atoms with Crippen molar-refractivity contribution >= 4 is 11.7 Å². The normalized spacial score (nSPS) is 10.3. The van der Waals surface area contributed by atoms with Gasteiger partial charge in [-0.1, -0.05) is 12.1 Å². The van der Waals surface area contributed by atoms with E-state index >= 15 is 0 Å². The summed E-state index contributed by atoms with van der Waals surface area (Å²) < 4.78 is 43.7. The van der Waals surface area contributed by atoms with Gasteiger partial charge in [0.1, 0.15) is 0 Å². The highest BCUT2D eigenvalue weighted by atomic mass is 19.2. The summed E-state index contributed by atoms with van der Waals surface area (Å²) in [5, 5.41) is 2.86. The number of hydrogen-bond acceptors (Lipinski definition) is 3. The van der Waals surface area contributed by atoms with E-state index in [1.807, 2.05) is 0 Å². The van der Waals surface area contributed by atoms with Crippen LogP contribution in [0.15, 0.2) is 36.4 Å². The molecule has 2 aromatic carbocycles. The first kappa shape index (κ1) is 14.9. The zero-order chi connectivity index (χ0) is 15.4. The van der Waals surface area contributed by atoms with Crippen LogP contribution in [0.25, 0.3) is 0 Å². The summed E-state index contributed by atoms with van der Waals surface area (Å²) in [5.41, 5.74) is 0.962. The molecule has 0 unspecified atom stereocenters. The number of halogens is 3. The van der Waals surface area contributed by atoms with Gasteiger partial charge < -0.3 is 10.1 Å². The standard InChI is InChI=1S/C15H12F3NO2/c1-21-15(20)10-4-2-3-5-13(10)19-8-9-6-11(16)14(18)12(17)7-9/h2-7,19H,8H2,1H3. The van der Waals surface area contributed by atoms with Crippen LogP contribution in [0.2, 0.25) is 0 Å². The molecule has 0 saturated carbocycles. The van der Waals surface area contributed by atoms with Gasteiger partial charge in [0.05, 0.1) is 12.7 Å². The van der Waals surface area contributed by atoms with Gasteiger partial charge in [0.25, 0.3) is 0 Å². The molecule has 2 aromatic rings. The minimum Gasteiger partial charge on any atom is -0.465 e. The molecular formula is C15H12F3NO2. The topological polar surface area (TPSA) is 38.3 Å². The van der Waals surface area contributed by atoms with Crippen LogP contribution in [0.5, 0.6) is 0 Å². The van der Waals surface area contributed by atoms with Crippen LogP contribution in [-0.2, 0) is 11.3 Å². The molecule has 0 amide bonds. The Labute approximate surface area is 119 Å². The van der Waals surface area contributed by atoms with Crippen molar-refractivity contribution in [2.24, 2.45) is 0 Å². The van der Waals surface area contributed by atoms with E-state index in [9.17, 15) is 18.0 Å². The average molecular weight is 295 g/mol. The van der Waals surface area contributed by atoms with E-state index in [0.29, 0.717) is 11.3 Å². The summed E-state index contributed by atoms with van der Waals surface area (Å²) in [6.07, 6.45) is 0. The summed E-state index contributed by atoms with van der Waals surface area (Å²) in [6.45, 7) is 0.0299. The van der Waals surface area contributed by atoms with Crippen molar-refractivity contribution in [3.05, 3.63) is 65.0 Å². The van der Waals surface area contributed by atoms with Crippen LogP contribution in [-0.4, -0.2) is 13.1 Å². The first-order chi connectivity index (χ1) is 10.0. The number of ether oxygens (including phenoxy) is 1. The molecule has 21 heavy (non-hydrogen) atoms. The fraction of sp³-hybridized carbons (Fsp3) is 0.133. The van der Waals surface area contributed by atoms with Crippen molar-refractivity contribution in [3.8, 4) is 0 Å². The van der Waals surface area contributed by atoms with E-state index in [2.05, 4.69) is 10.1 Å². The first-order valence-corrected chi connectivity index (χ1v) is 6.07. The van der Waals surface area contributed by atoms with Gasteiger partial charge >= 0.3 is 5.97 Å². The monoisotopic (exact) mass is 295 g/mol. The molecule has 0 aliphatic rings. The van der Waals surface area contributed by atoms with Gasteiger partial charge in [0.15, 0.2) is 17.5 Å². The summed E-state index contributed by atoms with van der Waals surface area (Å²) in [5.74, 6) is -4.55. The quantitative estimate of drug-likeness (QED) is 0.693. The number of carbonyl (C=O) groups excluding carboxylic acids is 1. The van der Waals surface area contributed by atoms with Gasteiger partial charge in [0.2, 0.25) is 0 Å². The van der Waals surface area contributed by atoms with Crippen LogP contribution < -0.4 is 5.32 Å². The number of hydrogen-bond donors (Lipinski definition) is 1. The van der Waals surface area contributed by atoms with Gasteiger partial charge in [-0.15, -0.1) is 0 Å². The van der Waals surface area contributed by atoms with Crippen LogP contribution in [0.4, 0.5) is 18.9 Å². The van der Waals surface area contributed by atoms with E-state index in [-0.39, 0.29) is 12.1 Å². The fourth-order valence-electron chi connectivity index (χ4n) is 1.83. The lowest BCUT2D eigenvalue weighted by Gasteiger charge is -2.11. The van der Waals surface area contributed by atoms with Gasteiger partial charge in [-0.2, -0.15) is 0 Å². The second kappa shape index (κ2) is 6.30. The molecule has 0 saturated heterocycles. The van der Waals surface area contributed by atoms with Crippen molar-refractivity contribution in [1.29, 1.82) is 0 Å². The van der Waals surface area contributed by atoms with Crippen molar-refractivity contribution in [3.63, 3.8) is 0 Å². The SMILES string of the molecule is COC(=O)c1ccccc1NCc1cc(F)c(F)c(F)c1. The molecule has 0 aliphatic heterocycles. The lowest BCUT2D eigenvalue weighted by atomic mass is 10.1. The molecule has 0 aromatic heterocycles. The Morgan fingerprint density at radius 3 is 2.38 bits per heavy atom. The molecule has 2 rings (SSSR count). The lowest BCUT2D eigenvalue weighted by Crippen LogP contribution is -2.08. The molecule has 1 N–H and O–H groups in total. The van der Waals surface area contributed by atoms with Crippen LogP contribution in [0.3, 0.4) is 0 Å². The van der Waals surface area contributed by atoms with Gasteiger partial charge in [-0.3, -0.25) is 0 Å². The van der Waals surface area contributed by atoms with Crippen LogP contribution in [0, 0.1) is 17.5 Å². The second-order valence-electron chi connectivity index (χ2n) is 4.26. The number of esters is 1. The molecule has 0 fully saturated rings. The molecule has 0 bridgehead atoms. The molecule has 0 radical (unpaired) electrons. The smallest absolute Gasteiger partial charge is 0.339 e. The van der Waals surface area contributed by atoms with Gasteiger partial charge in [-0.25, -0.2) is 18.0 Å². The van der Waals surface area contributed by atoms with Crippen molar-refractivity contribution in [2.75, 3.05) is 12.4 Å². The second-order valence-corrected chi connectivity index (χ2v) is 4.26. The zero-order valence-electron chi connectivity index (χ0n) is 11.1. The third-order valence-corrected chi connectivity index (χ3v) is 2.86. The third-order valence-electron chi connectivity index (χ3n) is 2.86. The highest BCUT2D eigenvalue weighted by molar-refractivity contribution is 5.95. The molecule has 0 heterocycles. The van der Waals surface area contributed by atoms with Gasteiger partial charge in [-0.05, 0) is 29.8 Å². The Morgan fingerprint density at radius 1 is 1.14 bits per heavy atom. The number of methoxy groups -OCH3 is 1. The number of nitrogens with one attached hydrogen (secondary N) is 1. The maximum Gasteiger partial charge on any atom is 0.339 e. The van der Waals surface area contributed by atoms with Crippen LogP contribution >= 0.6 is 0 Å². The van der Waals surface area contributed by atoms with E-state index in [4.69, 9.17) is 0 Å². The molecule has 0 aliphatic carbocycles. The predicted molar refractivity (Wildman–Crippen MR) is 71.4 cm³/mol. The zero-order valence-corrected chi connectivity index (χ0v) is 11.1. The summed E-state index contributed by atoms with van der Waals surface area (Å²) in [4.78, 5) is 11.6. The number of para-hydroxylation sites is 1. The third kappa shape index (κ3) is 3.34. The summed E-state index contributed by atoms with van der Waals surface area (Å²) in [7, 11) is 1.25. The first-order valence-electron chi connectivity index (χ1n) is 6.07. The Hall–Kier alpha value is -2.50. The van der Waals surface area contributed by atoms with Crippen molar-refractivity contribution in [2.45, 2.75) is 6.54 Å². The maximum absolute atomic E-state index is 13.1. The van der Waals surface area contributed by atoms with E-state index in [0.717, 1.165) is 12.1 Å². The minimum atomic E-state index is -1.51. The molecule has 3 nitrogen and oxygen atoms in total. The minimum absolute atomic E-state index is 0.0299. The molecule has 0 atom stereocenters. The number of rotatable bonds is 4. The Bertz CT molecular complexity index is 651. The molecule has 6 heteroatoms. The predicted octanol–water partition coefficient (Wildman–Crippen LogP) is 3.50. The summed E-state index contributed by atoms with van der Waals surface area (Å²) in [6, 6.07) is 8.33. The molecule has 0 spiro atoms. The van der Waals surface area contributed by atoms with Gasteiger partial charge in [0, 0.05) is 12.2 Å².